The first-order chi connectivity index (χ1) is 15.0. The van der Waals surface area contributed by atoms with Crippen LogP contribution in [0.5, 0.6) is 0 Å². The molecule has 1 saturated heterocycles. The Kier molecular flexibility index (Phi) is 7.11. The predicted molar refractivity (Wildman–Crippen MR) is 119 cm³/mol. The lowest BCUT2D eigenvalue weighted by Gasteiger charge is -2.49. The Balaban J connectivity index is 1.73. The summed E-state index contributed by atoms with van der Waals surface area (Å²) in [7, 11) is -3.21. The first kappa shape index (κ1) is 24.0. The summed E-state index contributed by atoms with van der Waals surface area (Å²) in [4.78, 5) is 42.1. The molecule has 0 saturated carbocycles. The van der Waals surface area contributed by atoms with E-state index in [0.717, 1.165) is 34.5 Å². The molecule has 0 aromatic carbocycles. The van der Waals surface area contributed by atoms with Crippen LogP contribution in [0.4, 0.5) is 5.13 Å². The number of carboxylic acid groups (broad SMARTS) is 1. The minimum Gasteiger partial charge on any atom is -0.477 e. The SMILES string of the molecule is CS(=O)(=O)C/C=C\SC1=C(C(=O)O)N2C(=O)C(NC(=O)/C(=N\O)c3nsc(N)n3)[C@H]2SC1. The maximum absolute atomic E-state index is 12.6. The number of carbonyl (C=O) groups excluding carboxylic acids is 2. The second-order valence-electron chi connectivity index (χ2n) is 6.42. The Morgan fingerprint density at radius 3 is 2.75 bits per heavy atom. The van der Waals surface area contributed by atoms with Gasteiger partial charge in [-0.1, -0.05) is 23.0 Å². The van der Waals surface area contributed by atoms with Crippen LogP contribution in [0.25, 0.3) is 0 Å². The van der Waals surface area contributed by atoms with Gasteiger partial charge >= 0.3 is 5.97 Å². The van der Waals surface area contributed by atoms with Crippen molar-refractivity contribution in [1.82, 2.24) is 19.6 Å². The Morgan fingerprint density at radius 2 is 2.19 bits per heavy atom. The van der Waals surface area contributed by atoms with E-state index < -0.39 is 44.7 Å². The van der Waals surface area contributed by atoms with E-state index in [9.17, 15) is 27.9 Å². The van der Waals surface area contributed by atoms with E-state index in [1.807, 2.05) is 0 Å². The summed E-state index contributed by atoms with van der Waals surface area (Å²) in [6.07, 6.45) is 2.46. The fourth-order valence-electron chi connectivity index (χ4n) is 2.76. The third-order valence-electron chi connectivity index (χ3n) is 4.10. The monoisotopic (exact) mass is 520 g/mol. The van der Waals surface area contributed by atoms with Crippen LogP contribution in [0.3, 0.4) is 0 Å². The molecule has 3 heterocycles. The summed E-state index contributed by atoms with van der Waals surface area (Å²) < 4.78 is 26.2. The number of hydrogen-bond acceptors (Lipinski definition) is 13. The Bertz CT molecular complexity index is 1160. The fraction of sp³-hybridized carbons (Fsp3) is 0.333. The van der Waals surface area contributed by atoms with Crippen LogP contribution in [0.15, 0.2) is 27.2 Å². The number of nitrogen functional groups attached to an aromatic ring is 1. The van der Waals surface area contributed by atoms with E-state index in [4.69, 9.17) is 10.9 Å². The Labute approximate surface area is 193 Å². The number of fused-ring (bicyclic) bond motifs is 1. The molecule has 2 aliphatic rings. The zero-order valence-corrected chi connectivity index (χ0v) is 19.4. The Hall–Kier alpha value is -2.63. The van der Waals surface area contributed by atoms with Crippen LogP contribution in [0.2, 0.25) is 0 Å². The smallest absolute Gasteiger partial charge is 0.353 e. The molecule has 2 aliphatic heterocycles. The number of aliphatic carboxylic acids is 1. The second-order valence-corrected chi connectivity index (χ2v) is 11.5. The lowest BCUT2D eigenvalue weighted by atomic mass is 10.0. The molecule has 2 amide bonds. The number of nitrogens with two attached hydrogens (primary N) is 1. The molecule has 0 aliphatic carbocycles. The van der Waals surface area contributed by atoms with Gasteiger partial charge in [0.15, 0.2) is 15.0 Å². The number of carbonyl (C=O) groups is 3. The minimum absolute atomic E-state index is 0.0505. The van der Waals surface area contributed by atoms with Crippen LogP contribution in [0.1, 0.15) is 5.82 Å². The third-order valence-corrected chi connectivity index (χ3v) is 7.85. The topological polar surface area (TPSA) is 205 Å². The second kappa shape index (κ2) is 9.47. The lowest BCUT2D eigenvalue weighted by Crippen LogP contribution is -2.71. The molecule has 172 valence electrons. The number of oxime groups is 1. The van der Waals surface area contributed by atoms with Gasteiger partial charge in [-0.15, -0.1) is 11.8 Å². The largest absolute Gasteiger partial charge is 0.477 e. The number of nitrogens with one attached hydrogen (secondary N) is 1. The average molecular weight is 521 g/mol. The number of thioether (sulfide) groups is 2. The molecule has 17 heteroatoms. The third kappa shape index (κ3) is 5.05. The van der Waals surface area contributed by atoms with Crippen molar-refractivity contribution in [3.8, 4) is 0 Å². The zero-order valence-electron chi connectivity index (χ0n) is 16.2. The first-order valence-corrected chi connectivity index (χ1v) is 13.3. The van der Waals surface area contributed by atoms with E-state index in [0.29, 0.717) is 4.91 Å². The summed E-state index contributed by atoms with van der Waals surface area (Å²) in [6.45, 7) is 0. The van der Waals surface area contributed by atoms with Crippen LogP contribution >= 0.6 is 35.1 Å². The van der Waals surface area contributed by atoms with Gasteiger partial charge in [-0.2, -0.15) is 9.36 Å². The maximum atomic E-state index is 12.6. The van der Waals surface area contributed by atoms with Crippen LogP contribution in [0, 0.1) is 0 Å². The molecule has 2 atom stereocenters. The van der Waals surface area contributed by atoms with Crippen molar-refractivity contribution in [1.29, 1.82) is 0 Å². The summed E-state index contributed by atoms with van der Waals surface area (Å²) >= 11 is 3.02. The van der Waals surface area contributed by atoms with Gasteiger partial charge in [0.05, 0.1) is 5.75 Å². The van der Waals surface area contributed by atoms with Crippen molar-refractivity contribution < 1.29 is 33.1 Å². The molecule has 1 fully saturated rings. The summed E-state index contributed by atoms with van der Waals surface area (Å²) in [5.41, 5.74) is 4.69. The van der Waals surface area contributed by atoms with Crippen molar-refractivity contribution in [2.75, 3.05) is 23.5 Å². The number of sulfone groups is 1. The van der Waals surface area contributed by atoms with Crippen molar-refractivity contribution in [2.24, 2.45) is 5.16 Å². The highest BCUT2D eigenvalue weighted by Gasteiger charge is 2.54. The number of carboxylic acids is 1. The van der Waals surface area contributed by atoms with E-state index in [1.165, 1.54) is 23.2 Å². The predicted octanol–water partition coefficient (Wildman–Crippen LogP) is -0.714. The number of amides is 2. The van der Waals surface area contributed by atoms with Gasteiger partial charge in [0.2, 0.25) is 11.5 Å². The normalized spacial score (nSPS) is 21.5. The van der Waals surface area contributed by atoms with E-state index >= 15 is 0 Å². The molecule has 0 bridgehead atoms. The van der Waals surface area contributed by atoms with Gasteiger partial charge in [-0.25, -0.2) is 13.2 Å². The standard InChI is InChI=1S/C15H16N6O7S4/c1-32(27,28)4-2-3-29-6-5-30-13-8(12(23)21(13)9(6)14(24)25)17-11(22)7(19-26)10-18-15(16)31-20-10/h2-3,8,13,26H,4-5H2,1H3,(H,17,22)(H,24,25)(H2,16,18,20)/b3-2-,19-7-/t8?,13-/m1/s1. The Morgan fingerprint density at radius 1 is 1.47 bits per heavy atom. The molecule has 32 heavy (non-hydrogen) atoms. The number of rotatable bonds is 8. The molecule has 3 rings (SSSR count). The number of anilines is 1. The van der Waals surface area contributed by atoms with Crippen LogP contribution < -0.4 is 11.1 Å². The number of hydrogen-bond donors (Lipinski definition) is 4. The van der Waals surface area contributed by atoms with Crippen molar-refractivity contribution in [3.63, 3.8) is 0 Å². The fourth-order valence-corrected chi connectivity index (χ4v) is 6.08. The highest BCUT2D eigenvalue weighted by Crippen LogP contribution is 2.43. The van der Waals surface area contributed by atoms with E-state index in [1.54, 1.807) is 0 Å². The molecular weight excluding hydrogens is 504 g/mol. The average Bonchev–Trinajstić information content (AvgIpc) is 3.14. The van der Waals surface area contributed by atoms with Gasteiger partial charge < -0.3 is 21.4 Å². The quantitative estimate of drug-likeness (QED) is 0.145. The maximum Gasteiger partial charge on any atom is 0.353 e. The number of nitrogens with zero attached hydrogens (tertiary/aromatic N) is 4. The van der Waals surface area contributed by atoms with Gasteiger partial charge in [0.1, 0.15) is 17.1 Å². The first-order valence-electron chi connectivity index (χ1n) is 8.56. The molecule has 5 N–H and O–H groups in total. The zero-order chi connectivity index (χ0) is 23.6. The molecule has 0 radical (unpaired) electrons. The number of aromatic nitrogens is 2. The van der Waals surface area contributed by atoms with Crippen LogP contribution in [-0.2, 0) is 24.2 Å². The molecular formula is C15H16N6O7S4. The van der Waals surface area contributed by atoms with Crippen molar-refractivity contribution >= 4 is 73.5 Å². The molecule has 1 unspecified atom stereocenters. The summed E-state index contributed by atoms with van der Waals surface area (Å²) in [5.74, 6) is -3.09. The molecule has 13 nitrogen and oxygen atoms in total. The minimum atomic E-state index is -3.21. The van der Waals surface area contributed by atoms with E-state index in [2.05, 4.69) is 19.8 Å². The lowest BCUT2D eigenvalue weighted by molar-refractivity contribution is -0.150. The van der Waals surface area contributed by atoms with Gasteiger partial charge in [-0.3, -0.25) is 14.5 Å². The van der Waals surface area contributed by atoms with Gasteiger partial charge in [0, 0.05) is 28.4 Å². The van der Waals surface area contributed by atoms with Crippen molar-refractivity contribution in [2.45, 2.75) is 11.4 Å². The van der Waals surface area contributed by atoms with Gasteiger partial charge in [-0.05, 0) is 5.41 Å². The van der Waals surface area contributed by atoms with Crippen LogP contribution in [-0.4, -0.2) is 85.7 Å². The number of β-lactam (4-membered cyclic amide) rings is 1. The highest BCUT2D eigenvalue weighted by molar-refractivity contribution is 8.08. The highest BCUT2D eigenvalue weighted by atomic mass is 32.2. The molecule has 1 aromatic heterocycles. The van der Waals surface area contributed by atoms with E-state index in [-0.39, 0.29) is 28.2 Å². The molecule has 0 spiro atoms. The molecule has 1 aromatic rings. The van der Waals surface area contributed by atoms with Gasteiger partial charge in [0.25, 0.3) is 11.8 Å². The van der Waals surface area contributed by atoms with Crippen molar-refractivity contribution in [3.05, 3.63) is 27.9 Å². The summed E-state index contributed by atoms with van der Waals surface area (Å²) in [6, 6.07) is -1.05. The summed E-state index contributed by atoms with van der Waals surface area (Å²) in [5, 5.41) is 24.9.